The summed E-state index contributed by atoms with van der Waals surface area (Å²) >= 11 is 0. The average molecular weight is 345 g/mol. The molecule has 1 N–H and O–H groups in total. The normalized spacial score (nSPS) is 17.3. The molecule has 1 aliphatic heterocycles. The lowest BCUT2D eigenvalue weighted by atomic mass is 10.2. The van der Waals surface area contributed by atoms with Gasteiger partial charge in [-0.3, -0.25) is 0 Å². The number of aromatic nitrogens is 2. The van der Waals surface area contributed by atoms with E-state index < -0.39 is 0 Å². The monoisotopic (exact) mass is 345 g/mol. The molecule has 3 rings (SSSR count). The van der Waals surface area contributed by atoms with Crippen LogP contribution in [-0.2, 0) is 11.3 Å². The largest absolute Gasteiger partial charge is 0.376 e. The number of hydrogen-bond acceptors (Lipinski definition) is 4. The summed E-state index contributed by atoms with van der Waals surface area (Å²) in [6.07, 6.45) is 6.16. The number of amides is 2. The molecule has 136 valence electrons. The van der Waals surface area contributed by atoms with Crippen molar-refractivity contribution in [2.24, 2.45) is 0 Å². The van der Waals surface area contributed by atoms with Gasteiger partial charge in [0.1, 0.15) is 5.65 Å². The molecule has 0 spiro atoms. The fourth-order valence-corrected chi connectivity index (χ4v) is 2.98. The van der Waals surface area contributed by atoms with E-state index >= 15 is 0 Å². The number of carbonyl (C=O) groups excluding carboxylic acids is 1. The van der Waals surface area contributed by atoms with Gasteiger partial charge < -0.3 is 24.3 Å². The minimum atomic E-state index is -0.0607. The number of nitrogens with one attached hydrogen (secondary N) is 1. The minimum absolute atomic E-state index is 0.0607. The van der Waals surface area contributed by atoms with Gasteiger partial charge in [-0.2, -0.15) is 0 Å². The van der Waals surface area contributed by atoms with Crippen LogP contribution < -0.4 is 5.32 Å². The van der Waals surface area contributed by atoms with Gasteiger partial charge in [0.05, 0.1) is 18.3 Å². The van der Waals surface area contributed by atoms with Crippen molar-refractivity contribution < 1.29 is 9.53 Å². The molecule has 1 saturated heterocycles. The van der Waals surface area contributed by atoms with Crippen LogP contribution in [0, 0.1) is 0 Å². The van der Waals surface area contributed by atoms with Gasteiger partial charge in [0.2, 0.25) is 0 Å². The van der Waals surface area contributed by atoms with E-state index in [1.165, 1.54) is 0 Å². The zero-order valence-corrected chi connectivity index (χ0v) is 15.0. The number of ether oxygens (including phenoxy) is 1. The summed E-state index contributed by atoms with van der Waals surface area (Å²) < 4.78 is 7.65. The van der Waals surface area contributed by atoms with E-state index in [4.69, 9.17) is 4.74 Å². The Balaban J connectivity index is 1.57. The van der Waals surface area contributed by atoms with E-state index in [0.717, 1.165) is 37.3 Å². The standard InChI is InChI=1S/C18H27N5O2/c1-21(2)9-10-23(14-16-6-5-11-25-16)18(24)19-12-15-13-22-8-4-3-7-17(22)20-15/h3-4,7-8,13,16H,5-6,9-12,14H2,1-2H3,(H,19,24). The Labute approximate surface area is 148 Å². The Morgan fingerprint density at radius 1 is 1.40 bits per heavy atom. The fourth-order valence-electron chi connectivity index (χ4n) is 2.98. The molecule has 0 bridgehead atoms. The lowest BCUT2D eigenvalue weighted by molar-refractivity contribution is 0.0795. The van der Waals surface area contributed by atoms with E-state index in [-0.39, 0.29) is 12.1 Å². The fraction of sp³-hybridized carbons (Fsp3) is 0.556. The quantitative estimate of drug-likeness (QED) is 0.828. The Hall–Kier alpha value is -2.12. The molecular weight excluding hydrogens is 318 g/mol. The summed E-state index contributed by atoms with van der Waals surface area (Å²) in [5.41, 5.74) is 1.74. The molecule has 1 atom stereocenters. The Kier molecular flexibility index (Phi) is 5.88. The molecule has 1 unspecified atom stereocenters. The highest BCUT2D eigenvalue weighted by molar-refractivity contribution is 5.74. The molecule has 0 saturated carbocycles. The smallest absolute Gasteiger partial charge is 0.317 e. The lowest BCUT2D eigenvalue weighted by Gasteiger charge is -2.27. The van der Waals surface area contributed by atoms with Gasteiger partial charge in [-0.1, -0.05) is 6.07 Å². The molecule has 25 heavy (non-hydrogen) atoms. The first-order valence-corrected chi connectivity index (χ1v) is 8.83. The van der Waals surface area contributed by atoms with Crippen molar-refractivity contribution >= 4 is 11.7 Å². The van der Waals surface area contributed by atoms with Crippen LogP contribution in [0.2, 0.25) is 0 Å². The third-order valence-electron chi connectivity index (χ3n) is 4.39. The molecule has 2 aromatic heterocycles. The van der Waals surface area contributed by atoms with Crippen LogP contribution in [0.1, 0.15) is 18.5 Å². The highest BCUT2D eigenvalue weighted by Gasteiger charge is 2.22. The number of urea groups is 1. The van der Waals surface area contributed by atoms with Crippen LogP contribution in [0.3, 0.4) is 0 Å². The summed E-state index contributed by atoms with van der Waals surface area (Å²) in [7, 11) is 4.03. The molecule has 3 heterocycles. The van der Waals surface area contributed by atoms with Crippen molar-refractivity contribution in [3.63, 3.8) is 0 Å². The summed E-state index contributed by atoms with van der Waals surface area (Å²) in [6, 6.07) is 5.80. The summed E-state index contributed by atoms with van der Waals surface area (Å²) in [5, 5.41) is 2.99. The van der Waals surface area contributed by atoms with Gasteiger partial charge in [0, 0.05) is 38.6 Å². The molecule has 0 aromatic carbocycles. The highest BCUT2D eigenvalue weighted by atomic mass is 16.5. The van der Waals surface area contributed by atoms with Crippen LogP contribution in [0.25, 0.3) is 5.65 Å². The van der Waals surface area contributed by atoms with Crippen molar-refractivity contribution in [1.29, 1.82) is 0 Å². The topological polar surface area (TPSA) is 62.1 Å². The number of carbonyl (C=O) groups is 1. The van der Waals surface area contributed by atoms with E-state index in [0.29, 0.717) is 19.6 Å². The second kappa shape index (κ2) is 8.31. The van der Waals surface area contributed by atoms with Crippen LogP contribution >= 0.6 is 0 Å². The van der Waals surface area contributed by atoms with Crippen LogP contribution in [-0.4, -0.2) is 71.7 Å². The van der Waals surface area contributed by atoms with Crippen molar-refractivity contribution in [2.75, 3.05) is 40.3 Å². The Bertz CT molecular complexity index is 661. The molecule has 2 amide bonds. The maximum atomic E-state index is 12.6. The van der Waals surface area contributed by atoms with Gasteiger partial charge >= 0.3 is 6.03 Å². The number of pyridine rings is 1. The summed E-state index contributed by atoms with van der Waals surface area (Å²) in [5.74, 6) is 0. The third-order valence-corrected chi connectivity index (χ3v) is 4.39. The Morgan fingerprint density at radius 2 is 2.28 bits per heavy atom. The Morgan fingerprint density at radius 3 is 3.00 bits per heavy atom. The van der Waals surface area contributed by atoms with Crippen molar-refractivity contribution in [1.82, 2.24) is 24.5 Å². The predicted octanol–water partition coefficient (Wildman–Crippen LogP) is 1.59. The van der Waals surface area contributed by atoms with E-state index in [2.05, 4.69) is 15.2 Å². The second-order valence-electron chi connectivity index (χ2n) is 6.74. The van der Waals surface area contributed by atoms with Crippen molar-refractivity contribution in [3.05, 3.63) is 36.3 Å². The second-order valence-corrected chi connectivity index (χ2v) is 6.74. The number of hydrogen-bond donors (Lipinski definition) is 1. The molecule has 7 heteroatoms. The molecule has 0 radical (unpaired) electrons. The first-order chi connectivity index (χ1) is 12.1. The lowest BCUT2D eigenvalue weighted by Crippen LogP contribution is -2.46. The number of likely N-dealkylation sites (N-methyl/N-ethyl adjacent to an activating group) is 1. The first-order valence-electron chi connectivity index (χ1n) is 8.83. The zero-order chi connectivity index (χ0) is 17.6. The van der Waals surface area contributed by atoms with Crippen LogP contribution in [0.5, 0.6) is 0 Å². The minimum Gasteiger partial charge on any atom is -0.376 e. The zero-order valence-electron chi connectivity index (χ0n) is 15.0. The van der Waals surface area contributed by atoms with Crippen LogP contribution in [0.15, 0.2) is 30.6 Å². The number of imidazole rings is 1. The van der Waals surface area contributed by atoms with Gasteiger partial charge in [-0.15, -0.1) is 0 Å². The molecule has 7 nitrogen and oxygen atoms in total. The van der Waals surface area contributed by atoms with Crippen molar-refractivity contribution in [2.45, 2.75) is 25.5 Å². The number of rotatable bonds is 7. The molecular formula is C18H27N5O2. The van der Waals surface area contributed by atoms with Gasteiger partial charge in [-0.05, 0) is 39.1 Å². The number of fused-ring (bicyclic) bond motifs is 1. The first kappa shape index (κ1) is 17.7. The third kappa shape index (κ3) is 4.93. The SMILES string of the molecule is CN(C)CCN(CC1CCCO1)C(=O)NCc1cn2ccccc2n1. The molecule has 0 aliphatic carbocycles. The maximum absolute atomic E-state index is 12.6. The molecule has 1 aliphatic rings. The highest BCUT2D eigenvalue weighted by Crippen LogP contribution is 2.13. The maximum Gasteiger partial charge on any atom is 0.317 e. The van der Waals surface area contributed by atoms with Gasteiger partial charge in [-0.25, -0.2) is 9.78 Å². The van der Waals surface area contributed by atoms with E-state index in [1.54, 1.807) is 0 Å². The van der Waals surface area contributed by atoms with Crippen LogP contribution in [0.4, 0.5) is 4.79 Å². The van der Waals surface area contributed by atoms with Gasteiger partial charge in [0.25, 0.3) is 0 Å². The predicted molar refractivity (Wildman–Crippen MR) is 96.5 cm³/mol. The molecule has 1 fully saturated rings. The average Bonchev–Trinajstić information content (AvgIpc) is 3.25. The summed E-state index contributed by atoms with van der Waals surface area (Å²) in [4.78, 5) is 21.1. The summed E-state index contributed by atoms with van der Waals surface area (Å²) in [6.45, 7) is 3.38. The molecule has 2 aromatic rings. The van der Waals surface area contributed by atoms with Gasteiger partial charge in [0.15, 0.2) is 0 Å². The van der Waals surface area contributed by atoms with E-state index in [1.807, 2.05) is 54.0 Å². The van der Waals surface area contributed by atoms with Crippen molar-refractivity contribution in [3.8, 4) is 0 Å². The van der Waals surface area contributed by atoms with E-state index in [9.17, 15) is 4.79 Å². The number of nitrogens with zero attached hydrogens (tertiary/aromatic N) is 4.